The van der Waals surface area contributed by atoms with Gasteiger partial charge in [0.25, 0.3) is 0 Å². The monoisotopic (exact) mass is 401 g/mol. The highest BCUT2D eigenvalue weighted by atomic mass is 32.2. The Kier molecular flexibility index (Phi) is 5.19. The number of nitrogens with one attached hydrogen (secondary N) is 1. The molecule has 0 aromatic heterocycles. The van der Waals surface area contributed by atoms with Gasteiger partial charge in [-0.15, -0.1) is 0 Å². The number of sulfonamides is 1. The Morgan fingerprint density at radius 1 is 1.14 bits per heavy atom. The lowest BCUT2D eigenvalue weighted by Gasteiger charge is -2.38. The number of benzene rings is 1. The van der Waals surface area contributed by atoms with E-state index >= 15 is 0 Å². The topological polar surface area (TPSA) is 90.3 Å². The van der Waals surface area contributed by atoms with E-state index in [0.717, 1.165) is 44.1 Å². The lowest BCUT2D eigenvalue weighted by Crippen LogP contribution is -2.43. The van der Waals surface area contributed by atoms with E-state index < -0.39 is 15.4 Å². The first-order chi connectivity index (χ1) is 13.5. The first-order valence-corrected chi connectivity index (χ1v) is 11.8. The highest BCUT2D eigenvalue weighted by molar-refractivity contribution is 7.89. The molecular weight excluding hydrogens is 374 g/mol. The molecule has 4 rings (SSSR count). The average molecular weight is 402 g/mol. The maximum absolute atomic E-state index is 13.2. The molecule has 7 heteroatoms. The number of hydrogen-bond donors (Lipinski definition) is 1. The van der Waals surface area contributed by atoms with Gasteiger partial charge in [-0.25, -0.2) is 8.42 Å². The first kappa shape index (κ1) is 19.4. The van der Waals surface area contributed by atoms with E-state index in [1.54, 1.807) is 18.2 Å². The summed E-state index contributed by atoms with van der Waals surface area (Å²) in [7, 11) is -3.55. The highest BCUT2D eigenvalue weighted by Gasteiger charge is 2.52. The van der Waals surface area contributed by atoms with Crippen molar-refractivity contribution in [3.8, 4) is 6.07 Å². The van der Waals surface area contributed by atoms with Crippen molar-refractivity contribution in [2.24, 2.45) is 5.92 Å². The third kappa shape index (κ3) is 3.03. The van der Waals surface area contributed by atoms with Crippen LogP contribution in [0.2, 0.25) is 0 Å². The minimum atomic E-state index is -3.55. The molecule has 1 atom stereocenters. The SMILES string of the molecule is N#CCCC1(C2CCCCC2)C(=O)Nc2ccc(S(=O)(=O)N3CCCC3)cc21. The minimum absolute atomic E-state index is 0.0691. The zero-order valence-corrected chi connectivity index (χ0v) is 16.9. The number of nitriles is 1. The second-order valence-electron chi connectivity index (χ2n) is 8.24. The molecule has 2 fully saturated rings. The standard InChI is InChI=1S/C21H27N3O3S/c22-12-6-11-21(16-7-2-1-3-8-16)18-15-17(9-10-19(18)23-20(21)25)28(26,27)24-13-4-5-14-24/h9-10,15-16H,1-8,11,13-14H2,(H,23,25). The molecule has 150 valence electrons. The van der Waals surface area contributed by atoms with Gasteiger partial charge in [0.2, 0.25) is 15.9 Å². The fourth-order valence-electron chi connectivity index (χ4n) is 5.30. The van der Waals surface area contributed by atoms with Gasteiger partial charge in [-0.3, -0.25) is 4.79 Å². The predicted molar refractivity (Wildman–Crippen MR) is 106 cm³/mol. The molecule has 0 spiro atoms. The summed E-state index contributed by atoms with van der Waals surface area (Å²) in [5, 5.41) is 12.2. The molecule has 1 aromatic rings. The van der Waals surface area contributed by atoms with Crippen molar-refractivity contribution in [3.05, 3.63) is 23.8 Å². The molecule has 1 unspecified atom stereocenters. The summed E-state index contributed by atoms with van der Waals surface area (Å²) in [5.74, 6) is 0.0842. The number of nitrogens with zero attached hydrogens (tertiary/aromatic N) is 2. The highest BCUT2D eigenvalue weighted by Crippen LogP contribution is 2.51. The molecule has 1 N–H and O–H groups in total. The molecule has 28 heavy (non-hydrogen) atoms. The molecule has 0 bridgehead atoms. The van der Waals surface area contributed by atoms with Gasteiger partial charge in [-0.2, -0.15) is 9.57 Å². The van der Waals surface area contributed by atoms with Crippen LogP contribution in [0, 0.1) is 17.2 Å². The van der Waals surface area contributed by atoms with Crippen LogP contribution < -0.4 is 5.32 Å². The van der Waals surface area contributed by atoms with E-state index in [4.69, 9.17) is 0 Å². The average Bonchev–Trinajstić information content (AvgIpc) is 3.34. The number of hydrogen-bond acceptors (Lipinski definition) is 4. The summed E-state index contributed by atoms with van der Waals surface area (Å²) in [6.45, 7) is 1.11. The molecule has 0 radical (unpaired) electrons. The molecule has 1 saturated heterocycles. The number of rotatable bonds is 5. The summed E-state index contributed by atoms with van der Waals surface area (Å²) >= 11 is 0. The Balaban J connectivity index is 1.80. The summed E-state index contributed by atoms with van der Waals surface area (Å²) in [4.78, 5) is 13.5. The van der Waals surface area contributed by atoms with Crippen molar-refractivity contribution >= 4 is 21.6 Å². The van der Waals surface area contributed by atoms with E-state index in [-0.39, 0.29) is 23.1 Å². The fraction of sp³-hybridized carbons (Fsp3) is 0.619. The van der Waals surface area contributed by atoms with E-state index in [1.807, 2.05) is 0 Å². The van der Waals surface area contributed by atoms with Crippen LogP contribution in [0.4, 0.5) is 5.69 Å². The van der Waals surface area contributed by atoms with Gasteiger partial charge >= 0.3 is 0 Å². The van der Waals surface area contributed by atoms with Gasteiger partial charge in [0.05, 0.1) is 16.4 Å². The van der Waals surface area contributed by atoms with Crippen LogP contribution in [0.25, 0.3) is 0 Å². The lowest BCUT2D eigenvalue weighted by atomic mass is 9.63. The number of anilines is 1. The molecule has 1 amide bonds. The van der Waals surface area contributed by atoms with Crippen molar-refractivity contribution in [3.63, 3.8) is 0 Å². The quantitative estimate of drug-likeness (QED) is 0.817. The first-order valence-electron chi connectivity index (χ1n) is 10.3. The van der Waals surface area contributed by atoms with Gasteiger partial charge in [-0.1, -0.05) is 19.3 Å². The van der Waals surface area contributed by atoms with Crippen LogP contribution in [-0.2, 0) is 20.2 Å². The maximum Gasteiger partial charge on any atom is 0.243 e. The molecular formula is C21H27N3O3S. The van der Waals surface area contributed by atoms with Crippen molar-refractivity contribution in [2.75, 3.05) is 18.4 Å². The van der Waals surface area contributed by atoms with E-state index in [1.165, 1.54) is 10.7 Å². The summed E-state index contributed by atoms with van der Waals surface area (Å²) in [6.07, 6.45) is 7.72. The van der Waals surface area contributed by atoms with Gasteiger partial charge < -0.3 is 5.32 Å². The third-order valence-electron chi connectivity index (χ3n) is 6.76. The molecule has 1 aromatic carbocycles. The zero-order chi connectivity index (χ0) is 19.8. The van der Waals surface area contributed by atoms with Crippen molar-refractivity contribution in [2.45, 2.75) is 68.1 Å². The van der Waals surface area contributed by atoms with Gasteiger partial charge in [0, 0.05) is 25.2 Å². The Morgan fingerprint density at radius 2 is 1.86 bits per heavy atom. The predicted octanol–water partition coefficient (Wildman–Crippen LogP) is 3.55. The Bertz CT molecular complexity index is 909. The second-order valence-corrected chi connectivity index (χ2v) is 10.2. The Hall–Kier alpha value is -1.91. The summed E-state index contributed by atoms with van der Waals surface area (Å²) in [5.41, 5.74) is 0.691. The molecule has 1 aliphatic carbocycles. The van der Waals surface area contributed by atoms with Crippen LogP contribution in [0.5, 0.6) is 0 Å². The van der Waals surface area contributed by atoms with Crippen molar-refractivity contribution in [1.29, 1.82) is 5.26 Å². The third-order valence-corrected chi connectivity index (χ3v) is 8.66. The van der Waals surface area contributed by atoms with Crippen LogP contribution in [0.15, 0.2) is 23.1 Å². The van der Waals surface area contributed by atoms with E-state index in [2.05, 4.69) is 11.4 Å². The van der Waals surface area contributed by atoms with Crippen LogP contribution in [-0.4, -0.2) is 31.7 Å². The molecule has 3 aliphatic rings. The summed E-state index contributed by atoms with van der Waals surface area (Å²) in [6, 6.07) is 7.24. The number of fused-ring (bicyclic) bond motifs is 1. The number of amides is 1. The van der Waals surface area contributed by atoms with Gasteiger partial charge in [-0.05, 0) is 61.8 Å². The van der Waals surface area contributed by atoms with Gasteiger partial charge in [0.1, 0.15) is 0 Å². The second kappa shape index (κ2) is 7.49. The van der Waals surface area contributed by atoms with Crippen LogP contribution in [0.1, 0.15) is 63.4 Å². The Labute approximate surface area is 167 Å². The molecule has 2 heterocycles. The van der Waals surface area contributed by atoms with Crippen molar-refractivity contribution in [1.82, 2.24) is 4.31 Å². The minimum Gasteiger partial charge on any atom is -0.325 e. The normalized spacial score (nSPS) is 26.0. The maximum atomic E-state index is 13.2. The fourth-order valence-corrected chi connectivity index (χ4v) is 6.85. The smallest absolute Gasteiger partial charge is 0.243 e. The number of carbonyl (C=O) groups excluding carboxylic acids is 1. The lowest BCUT2D eigenvalue weighted by molar-refractivity contribution is -0.123. The van der Waals surface area contributed by atoms with Crippen LogP contribution in [0.3, 0.4) is 0 Å². The van der Waals surface area contributed by atoms with Crippen molar-refractivity contribution < 1.29 is 13.2 Å². The van der Waals surface area contributed by atoms with E-state index in [9.17, 15) is 18.5 Å². The zero-order valence-electron chi connectivity index (χ0n) is 16.1. The molecule has 6 nitrogen and oxygen atoms in total. The molecule has 1 saturated carbocycles. The van der Waals surface area contributed by atoms with Crippen LogP contribution >= 0.6 is 0 Å². The number of carbonyl (C=O) groups is 1. The van der Waals surface area contributed by atoms with E-state index in [0.29, 0.717) is 25.2 Å². The Morgan fingerprint density at radius 3 is 2.54 bits per heavy atom. The van der Waals surface area contributed by atoms with Gasteiger partial charge in [0.15, 0.2) is 0 Å². The molecule has 2 aliphatic heterocycles. The largest absolute Gasteiger partial charge is 0.325 e. The summed E-state index contributed by atoms with van der Waals surface area (Å²) < 4.78 is 27.7.